The van der Waals surface area contributed by atoms with Crippen molar-refractivity contribution in [2.45, 2.75) is 58.9 Å². The fraction of sp³-hybridized carbons (Fsp3) is 0.524. The molecule has 0 saturated heterocycles. The molecule has 3 N–H and O–H groups in total. The summed E-state index contributed by atoms with van der Waals surface area (Å²) in [7, 11) is 0. The first-order valence-electron chi connectivity index (χ1n) is 10.2. The number of thiocarbonyl (C=S) groups is 1. The van der Waals surface area contributed by atoms with Crippen LogP contribution in [0.4, 0.5) is 0 Å². The van der Waals surface area contributed by atoms with Gasteiger partial charge in [-0.15, -0.1) is 0 Å². The Labute approximate surface area is 177 Å². The third-order valence-corrected chi connectivity index (χ3v) is 5.90. The van der Waals surface area contributed by atoms with Crippen molar-refractivity contribution >= 4 is 23.2 Å². The van der Waals surface area contributed by atoms with Gasteiger partial charge in [-0.1, -0.05) is 61.7 Å². The molecule has 3 atom stereocenters. The summed E-state index contributed by atoms with van der Waals surface area (Å²) in [5.74, 6) is 2.01. The fourth-order valence-electron chi connectivity index (χ4n) is 3.58. The molecule has 3 rings (SSSR count). The topological polar surface area (TPSA) is 92.1 Å². The second-order valence-electron chi connectivity index (χ2n) is 7.90. The summed E-state index contributed by atoms with van der Waals surface area (Å²) in [5, 5.41) is 7.75. The Morgan fingerprint density at radius 1 is 1.21 bits per heavy atom. The van der Waals surface area contributed by atoms with E-state index in [0.29, 0.717) is 41.1 Å². The number of hydrogen-bond acceptors (Lipinski definition) is 5. The van der Waals surface area contributed by atoms with Crippen LogP contribution in [-0.4, -0.2) is 27.2 Å². The summed E-state index contributed by atoms with van der Waals surface area (Å²) in [6, 6.07) is 8.23. The number of aromatic nitrogens is 2. The molecule has 29 heavy (non-hydrogen) atoms. The zero-order chi connectivity index (χ0) is 20.8. The Morgan fingerprint density at radius 3 is 2.72 bits per heavy atom. The van der Waals surface area contributed by atoms with Crippen LogP contribution in [0, 0.1) is 18.8 Å². The normalized spacial score (nSPS) is 21.4. The largest absolute Gasteiger partial charge is 0.358 e. The second-order valence-corrected chi connectivity index (χ2v) is 8.31. The molecule has 7 nitrogen and oxygen atoms in total. The highest BCUT2D eigenvalue weighted by Crippen LogP contribution is 2.29. The number of hydrogen-bond donors (Lipinski definition) is 3. The zero-order valence-electron chi connectivity index (χ0n) is 17.2. The minimum Gasteiger partial charge on any atom is -0.358 e. The van der Waals surface area contributed by atoms with Gasteiger partial charge < -0.3 is 9.84 Å². The quantitative estimate of drug-likeness (QED) is 0.510. The SMILES string of the molecule is Cc1ccc(-c2noc(CCC(=O)NNC(=S)N[C@H]3CCC[C@@H](C)[C@@H]3C)n2)cc1. The van der Waals surface area contributed by atoms with E-state index in [1.165, 1.54) is 18.4 Å². The number of rotatable bonds is 5. The highest BCUT2D eigenvalue weighted by Gasteiger charge is 2.27. The van der Waals surface area contributed by atoms with Gasteiger partial charge in [0.25, 0.3) is 0 Å². The Balaban J connectivity index is 1.40. The summed E-state index contributed by atoms with van der Waals surface area (Å²) in [5.41, 5.74) is 7.48. The Kier molecular flexibility index (Phi) is 7.19. The van der Waals surface area contributed by atoms with Crippen molar-refractivity contribution in [3.63, 3.8) is 0 Å². The maximum absolute atomic E-state index is 12.1. The molecule has 0 unspecified atom stereocenters. The molecule has 1 aromatic heterocycles. The molecule has 0 radical (unpaired) electrons. The van der Waals surface area contributed by atoms with Crippen LogP contribution in [0.5, 0.6) is 0 Å². The molecule has 1 amide bonds. The van der Waals surface area contributed by atoms with Gasteiger partial charge >= 0.3 is 0 Å². The van der Waals surface area contributed by atoms with Gasteiger partial charge in [-0.2, -0.15) is 4.98 Å². The summed E-state index contributed by atoms with van der Waals surface area (Å²) in [6.07, 6.45) is 4.15. The molecule has 1 aliphatic rings. The second kappa shape index (κ2) is 9.82. The summed E-state index contributed by atoms with van der Waals surface area (Å²) < 4.78 is 5.25. The molecule has 2 aromatic rings. The van der Waals surface area contributed by atoms with E-state index in [1.54, 1.807) is 0 Å². The van der Waals surface area contributed by atoms with E-state index in [0.717, 1.165) is 12.0 Å². The predicted octanol–water partition coefficient (Wildman–Crippen LogP) is 3.30. The first kappa shape index (κ1) is 21.2. The molecular weight excluding hydrogens is 386 g/mol. The Bertz CT molecular complexity index is 836. The summed E-state index contributed by atoms with van der Waals surface area (Å²) in [4.78, 5) is 16.4. The van der Waals surface area contributed by atoms with Crippen molar-refractivity contribution in [2.75, 3.05) is 0 Å². The van der Waals surface area contributed by atoms with Gasteiger partial charge in [0.2, 0.25) is 17.6 Å². The zero-order valence-corrected chi connectivity index (χ0v) is 18.0. The van der Waals surface area contributed by atoms with Gasteiger partial charge in [0.1, 0.15) is 0 Å². The van der Waals surface area contributed by atoms with E-state index in [9.17, 15) is 4.79 Å². The lowest BCUT2D eigenvalue weighted by Gasteiger charge is -2.35. The van der Waals surface area contributed by atoms with E-state index in [2.05, 4.69) is 40.2 Å². The van der Waals surface area contributed by atoms with E-state index in [4.69, 9.17) is 16.7 Å². The van der Waals surface area contributed by atoms with Crippen LogP contribution in [0.2, 0.25) is 0 Å². The summed E-state index contributed by atoms with van der Waals surface area (Å²) in [6.45, 7) is 6.55. The number of nitrogens with one attached hydrogen (secondary N) is 3. The Morgan fingerprint density at radius 2 is 1.97 bits per heavy atom. The molecule has 1 aliphatic carbocycles. The molecular formula is C21H29N5O2S. The predicted molar refractivity (Wildman–Crippen MR) is 116 cm³/mol. The van der Waals surface area contributed by atoms with E-state index >= 15 is 0 Å². The number of benzene rings is 1. The molecule has 1 saturated carbocycles. The number of aryl methyl sites for hydroxylation is 2. The van der Waals surface area contributed by atoms with Crippen molar-refractivity contribution in [1.82, 2.24) is 26.3 Å². The van der Waals surface area contributed by atoms with Crippen molar-refractivity contribution in [3.8, 4) is 11.4 Å². The first-order chi connectivity index (χ1) is 13.9. The maximum atomic E-state index is 12.1. The van der Waals surface area contributed by atoms with E-state index < -0.39 is 0 Å². The van der Waals surface area contributed by atoms with Crippen LogP contribution < -0.4 is 16.2 Å². The molecule has 0 bridgehead atoms. The van der Waals surface area contributed by atoms with Crippen LogP contribution in [0.25, 0.3) is 11.4 Å². The molecule has 1 heterocycles. The van der Waals surface area contributed by atoms with Crippen LogP contribution in [0.15, 0.2) is 28.8 Å². The summed E-state index contributed by atoms with van der Waals surface area (Å²) >= 11 is 5.31. The third kappa shape index (κ3) is 6.00. The lowest BCUT2D eigenvalue weighted by atomic mass is 9.78. The monoisotopic (exact) mass is 415 g/mol. The van der Waals surface area contributed by atoms with Gasteiger partial charge in [-0.25, -0.2) is 0 Å². The van der Waals surface area contributed by atoms with Gasteiger partial charge in [-0.3, -0.25) is 15.6 Å². The standard InChI is InChI=1S/C21H29N5O2S/c1-13-7-9-16(10-8-13)20-23-19(28-26-20)12-11-18(27)24-25-21(29)22-17-6-4-5-14(2)15(17)3/h7-10,14-15,17H,4-6,11-12H2,1-3H3,(H,24,27)(H2,22,25,29)/t14-,15+,17+/m1/s1. The van der Waals surface area contributed by atoms with E-state index in [-0.39, 0.29) is 12.3 Å². The van der Waals surface area contributed by atoms with E-state index in [1.807, 2.05) is 31.2 Å². The van der Waals surface area contributed by atoms with Crippen LogP contribution in [0.3, 0.4) is 0 Å². The molecule has 1 fully saturated rings. The van der Waals surface area contributed by atoms with Crippen molar-refractivity contribution in [2.24, 2.45) is 11.8 Å². The minimum absolute atomic E-state index is 0.186. The highest BCUT2D eigenvalue weighted by atomic mass is 32.1. The average Bonchev–Trinajstić information content (AvgIpc) is 3.18. The van der Waals surface area contributed by atoms with Gasteiger partial charge in [0.15, 0.2) is 5.11 Å². The van der Waals surface area contributed by atoms with Crippen molar-refractivity contribution in [3.05, 3.63) is 35.7 Å². The van der Waals surface area contributed by atoms with Crippen LogP contribution >= 0.6 is 12.2 Å². The van der Waals surface area contributed by atoms with Gasteiger partial charge in [0.05, 0.1) is 0 Å². The number of carbonyl (C=O) groups is 1. The maximum Gasteiger partial charge on any atom is 0.238 e. The third-order valence-electron chi connectivity index (χ3n) is 5.68. The number of hydrazine groups is 1. The molecule has 8 heteroatoms. The molecule has 0 spiro atoms. The molecule has 1 aromatic carbocycles. The van der Waals surface area contributed by atoms with Gasteiger partial charge in [-0.05, 0) is 37.4 Å². The van der Waals surface area contributed by atoms with Crippen molar-refractivity contribution < 1.29 is 9.32 Å². The Hall–Kier alpha value is -2.48. The highest BCUT2D eigenvalue weighted by molar-refractivity contribution is 7.80. The first-order valence-corrected chi connectivity index (χ1v) is 10.6. The van der Waals surface area contributed by atoms with Crippen LogP contribution in [0.1, 0.15) is 51.0 Å². The molecule has 0 aliphatic heterocycles. The number of nitrogens with zero attached hydrogens (tertiary/aromatic N) is 2. The smallest absolute Gasteiger partial charge is 0.238 e. The fourth-order valence-corrected chi connectivity index (χ4v) is 3.78. The number of amides is 1. The minimum atomic E-state index is -0.186. The van der Waals surface area contributed by atoms with Gasteiger partial charge in [0, 0.05) is 24.4 Å². The lowest BCUT2D eigenvalue weighted by molar-refractivity contribution is -0.121. The lowest BCUT2D eigenvalue weighted by Crippen LogP contribution is -2.52. The average molecular weight is 416 g/mol. The van der Waals surface area contributed by atoms with Crippen molar-refractivity contribution in [1.29, 1.82) is 0 Å². The number of carbonyl (C=O) groups excluding carboxylic acids is 1. The van der Waals surface area contributed by atoms with Crippen LogP contribution in [-0.2, 0) is 11.2 Å². The molecule has 156 valence electrons.